The van der Waals surface area contributed by atoms with Gasteiger partial charge in [-0.1, -0.05) is 25.1 Å². The average molecular weight is 427 g/mol. The Kier molecular flexibility index (Phi) is 5.87. The molecule has 0 saturated carbocycles. The SMILES string of the molecule is CCc1cccc2c(C=C3NC(=S)N(CC)C3=O)cn(CC(=O)N3CCOCC3)c12. The number of nitrogens with zero attached hydrogens (tertiary/aromatic N) is 3. The second-order valence-electron chi connectivity index (χ2n) is 7.41. The van der Waals surface area contributed by atoms with E-state index in [2.05, 4.69) is 18.3 Å². The molecule has 2 saturated heterocycles. The lowest BCUT2D eigenvalue weighted by atomic mass is 10.1. The van der Waals surface area contributed by atoms with E-state index in [1.54, 1.807) is 4.90 Å². The molecule has 0 unspecified atom stereocenters. The predicted molar refractivity (Wildman–Crippen MR) is 120 cm³/mol. The maximum atomic E-state index is 12.9. The number of hydrogen-bond acceptors (Lipinski definition) is 4. The van der Waals surface area contributed by atoms with E-state index >= 15 is 0 Å². The Morgan fingerprint density at radius 1 is 1.27 bits per heavy atom. The molecule has 2 fully saturated rings. The van der Waals surface area contributed by atoms with Crippen molar-refractivity contribution in [2.24, 2.45) is 0 Å². The van der Waals surface area contributed by atoms with Crippen LogP contribution in [0.1, 0.15) is 25.0 Å². The van der Waals surface area contributed by atoms with Crippen LogP contribution >= 0.6 is 12.2 Å². The molecule has 8 heteroatoms. The Morgan fingerprint density at radius 3 is 2.70 bits per heavy atom. The second-order valence-corrected chi connectivity index (χ2v) is 7.80. The number of aromatic nitrogens is 1. The van der Waals surface area contributed by atoms with Gasteiger partial charge < -0.3 is 19.5 Å². The van der Waals surface area contributed by atoms with Crippen LogP contribution in [0, 0.1) is 0 Å². The number of para-hydroxylation sites is 1. The molecule has 7 nitrogen and oxygen atoms in total. The maximum Gasteiger partial charge on any atom is 0.276 e. The minimum atomic E-state index is -0.126. The number of ether oxygens (including phenoxy) is 1. The first-order valence-electron chi connectivity index (χ1n) is 10.3. The molecule has 0 atom stereocenters. The molecule has 1 aromatic heterocycles. The zero-order valence-corrected chi connectivity index (χ0v) is 18.1. The molecule has 0 radical (unpaired) electrons. The number of fused-ring (bicyclic) bond motifs is 1. The minimum absolute atomic E-state index is 0.0775. The van der Waals surface area contributed by atoms with Gasteiger partial charge in [0.2, 0.25) is 5.91 Å². The molecule has 0 aliphatic carbocycles. The van der Waals surface area contributed by atoms with E-state index in [-0.39, 0.29) is 18.4 Å². The van der Waals surface area contributed by atoms with Gasteiger partial charge in [-0.3, -0.25) is 14.5 Å². The van der Waals surface area contributed by atoms with Crippen molar-refractivity contribution in [2.75, 3.05) is 32.8 Å². The van der Waals surface area contributed by atoms with Crippen molar-refractivity contribution in [3.63, 3.8) is 0 Å². The van der Waals surface area contributed by atoms with Crippen LogP contribution in [0.2, 0.25) is 0 Å². The summed E-state index contributed by atoms with van der Waals surface area (Å²) in [5.74, 6) is -0.0480. The molecule has 4 rings (SSSR count). The standard InChI is InChI=1S/C22H26N4O3S/c1-3-15-6-5-7-17-16(12-18-21(28)26(4-2)22(30)23-18)13-25(20(15)17)14-19(27)24-8-10-29-11-9-24/h5-7,12-13H,3-4,8-11,14H2,1-2H3,(H,23,30). The van der Waals surface area contributed by atoms with Crippen LogP contribution in [0.5, 0.6) is 0 Å². The number of rotatable bonds is 5. The molecule has 2 amide bonds. The summed E-state index contributed by atoms with van der Waals surface area (Å²) in [4.78, 5) is 28.9. The van der Waals surface area contributed by atoms with E-state index in [0.29, 0.717) is 43.7 Å². The van der Waals surface area contributed by atoms with E-state index in [4.69, 9.17) is 17.0 Å². The zero-order valence-electron chi connectivity index (χ0n) is 17.3. The quantitative estimate of drug-likeness (QED) is 0.586. The summed E-state index contributed by atoms with van der Waals surface area (Å²) in [5.41, 5.74) is 3.56. The number of morpholine rings is 1. The van der Waals surface area contributed by atoms with Crippen LogP contribution < -0.4 is 5.32 Å². The number of carbonyl (C=O) groups excluding carboxylic acids is 2. The van der Waals surface area contributed by atoms with E-state index in [9.17, 15) is 9.59 Å². The first kappa shape index (κ1) is 20.6. The molecule has 30 heavy (non-hydrogen) atoms. The molecule has 158 valence electrons. The van der Waals surface area contributed by atoms with Gasteiger partial charge in [-0.25, -0.2) is 0 Å². The normalized spacial score (nSPS) is 18.5. The Hall–Kier alpha value is -2.71. The Balaban J connectivity index is 1.73. The maximum absolute atomic E-state index is 12.9. The van der Waals surface area contributed by atoms with E-state index < -0.39 is 0 Å². The highest BCUT2D eigenvalue weighted by atomic mass is 32.1. The van der Waals surface area contributed by atoms with Gasteiger partial charge >= 0.3 is 0 Å². The predicted octanol–water partition coefficient (Wildman–Crippen LogP) is 2.14. The highest BCUT2D eigenvalue weighted by Gasteiger charge is 2.29. The van der Waals surface area contributed by atoms with Crippen molar-refractivity contribution in [3.05, 3.63) is 41.2 Å². The number of carbonyl (C=O) groups is 2. The summed E-state index contributed by atoms with van der Waals surface area (Å²) in [6.07, 6.45) is 4.65. The summed E-state index contributed by atoms with van der Waals surface area (Å²) in [6, 6.07) is 6.14. The van der Waals surface area contributed by atoms with E-state index in [0.717, 1.165) is 22.9 Å². The van der Waals surface area contributed by atoms with Crippen LogP contribution in [0.4, 0.5) is 0 Å². The number of nitrogens with one attached hydrogen (secondary N) is 1. The smallest absolute Gasteiger partial charge is 0.276 e. The Bertz CT molecular complexity index is 1040. The molecule has 2 aliphatic heterocycles. The van der Waals surface area contributed by atoms with Crippen molar-refractivity contribution in [1.82, 2.24) is 19.7 Å². The van der Waals surface area contributed by atoms with Crippen molar-refractivity contribution in [1.29, 1.82) is 0 Å². The lowest BCUT2D eigenvalue weighted by molar-refractivity contribution is -0.135. The topological polar surface area (TPSA) is 66.8 Å². The third-order valence-corrected chi connectivity index (χ3v) is 5.96. The minimum Gasteiger partial charge on any atom is -0.378 e. The van der Waals surface area contributed by atoms with Crippen LogP contribution in [-0.2, 0) is 27.3 Å². The van der Waals surface area contributed by atoms with Gasteiger partial charge in [0.05, 0.1) is 18.7 Å². The highest BCUT2D eigenvalue weighted by Crippen LogP contribution is 2.28. The zero-order chi connectivity index (χ0) is 21.3. The van der Waals surface area contributed by atoms with E-state index in [1.165, 1.54) is 5.56 Å². The number of thiocarbonyl (C=S) groups is 1. The molecule has 3 heterocycles. The largest absolute Gasteiger partial charge is 0.378 e. The summed E-state index contributed by atoms with van der Waals surface area (Å²) in [5, 5.41) is 4.46. The molecular formula is C22H26N4O3S. The second kappa shape index (κ2) is 8.57. The monoisotopic (exact) mass is 426 g/mol. The lowest BCUT2D eigenvalue weighted by Crippen LogP contribution is -2.42. The van der Waals surface area contributed by atoms with Gasteiger partial charge in [0.1, 0.15) is 12.2 Å². The van der Waals surface area contributed by atoms with Gasteiger partial charge in [-0.15, -0.1) is 0 Å². The molecular weight excluding hydrogens is 400 g/mol. The molecule has 2 aliphatic rings. The van der Waals surface area contributed by atoms with Crippen molar-refractivity contribution in [2.45, 2.75) is 26.8 Å². The van der Waals surface area contributed by atoms with Crippen molar-refractivity contribution >= 4 is 46.1 Å². The number of likely N-dealkylation sites (N-methyl/N-ethyl adjacent to an activating group) is 1. The van der Waals surface area contributed by atoms with Crippen LogP contribution in [0.3, 0.4) is 0 Å². The fraction of sp³-hybridized carbons (Fsp3) is 0.409. The van der Waals surface area contributed by atoms with Crippen LogP contribution in [0.15, 0.2) is 30.1 Å². The third-order valence-electron chi connectivity index (χ3n) is 5.64. The molecule has 0 bridgehead atoms. The van der Waals surface area contributed by atoms with Crippen molar-refractivity contribution in [3.8, 4) is 0 Å². The lowest BCUT2D eigenvalue weighted by Gasteiger charge is -2.27. The third kappa shape index (κ3) is 3.73. The van der Waals surface area contributed by atoms with Gasteiger partial charge in [-0.05, 0) is 37.2 Å². The summed E-state index contributed by atoms with van der Waals surface area (Å²) < 4.78 is 7.37. The van der Waals surface area contributed by atoms with Crippen molar-refractivity contribution < 1.29 is 14.3 Å². The average Bonchev–Trinajstić information content (AvgIpc) is 3.24. The first-order chi connectivity index (χ1) is 14.5. The number of amides is 2. The Labute approximate surface area is 181 Å². The summed E-state index contributed by atoms with van der Waals surface area (Å²) in [7, 11) is 0. The molecule has 1 N–H and O–H groups in total. The number of hydrogen-bond donors (Lipinski definition) is 1. The fourth-order valence-corrected chi connectivity index (χ4v) is 4.39. The molecule has 2 aromatic rings. The first-order valence-corrected chi connectivity index (χ1v) is 10.7. The van der Waals surface area contributed by atoms with E-state index in [1.807, 2.05) is 40.8 Å². The van der Waals surface area contributed by atoms with Gasteiger partial charge in [0.25, 0.3) is 5.91 Å². The summed E-state index contributed by atoms with van der Waals surface area (Å²) >= 11 is 5.27. The Morgan fingerprint density at radius 2 is 2.03 bits per heavy atom. The van der Waals surface area contributed by atoms with Crippen LogP contribution in [0.25, 0.3) is 17.0 Å². The molecule has 0 spiro atoms. The van der Waals surface area contributed by atoms with Gasteiger partial charge in [0, 0.05) is 36.8 Å². The summed E-state index contributed by atoms with van der Waals surface area (Å²) in [6.45, 7) is 7.19. The highest BCUT2D eigenvalue weighted by molar-refractivity contribution is 7.80. The van der Waals surface area contributed by atoms with Gasteiger partial charge in [0.15, 0.2) is 5.11 Å². The van der Waals surface area contributed by atoms with Gasteiger partial charge in [-0.2, -0.15) is 0 Å². The van der Waals surface area contributed by atoms with Crippen LogP contribution in [-0.4, -0.2) is 64.1 Å². The molecule has 1 aromatic carbocycles. The number of aryl methyl sites for hydroxylation is 1. The fourth-order valence-electron chi connectivity index (χ4n) is 4.06. The number of benzene rings is 1.